The van der Waals surface area contributed by atoms with Crippen LogP contribution in [0.2, 0.25) is 20.1 Å². The van der Waals surface area contributed by atoms with Gasteiger partial charge in [0.2, 0.25) is 5.91 Å². The number of aromatic nitrogens is 16. The van der Waals surface area contributed by atoms with Gasteiger partial charge >= 0.3 is 0 Å². The van der Waals surface area contributed by atoms with Gasteiger partial charge < -0.3 is 19.4 Å². The van der Waals surface area contributed by atoms with Crippen LogP contribution in [0.4, 0.5) is 8.78 Å². The normalized spacial score (nSPS) is 14.9. The summed E-state index contributed by atoms with van der Waals surface area (Å²) in [4.78, 5) is 26.6. The molecule has 20 rings (SSSR count). The van der Waals surface area contributed by atoms with Crippen LogP contribution in [0.25, 0.3) is 134 Å². The van der Waals surface area contributed by atoms with Crippen LogP contribution in [0.15, 0.2) is 212 Å². The highest BCUT2D eigenvalue weighted by Crippen LogP contribution is 2.43. The van der Waals surface area contributed by atoms with E-state index in [0.29, 0.717) is 88.6 Å². The number of fused-ring (bicyclic) bond motifs is 4. The monoisotopic (exact) mass is 1780 g/mol. The van der Waals surface area contributed by atoms with E-state index in [4.69, 9.17) is 71.5 Å². The molecule has 0 aliphatic carbocycles. The van der Waals surface area contributed by atoms with Gasteiger partial charge in [0.25, 0.3) is 0 Å². The molecule has 0 unspecified atom stereocenters. The Morgan fingerprint density at radius 2 is 0.654 bits per heavy atom. The molecule has 127 heavy (non-hydrogen) atoms. The van der Waals surface area contributed by atoms with Crippen LogP contribution in [0.5, 0.6) is 0 Å². The largest absolute Gasteiger partial charge is 0.379 e. The number of hydrogen-bond acceptors (Lipinski definition) is 19. The summed E-state index contributed by atoms with van der Waals surface area (Å²) in [6.45, 7) is 24.3. The van der Waals surface area contributed by atoms with E-state index in [9.17, 15) is 13.6 Å². The number of carbonyl (C=O) groups is 1. The summed E-state index contributed by atoms with van der Waals surface area (Å²) in [5, 5.41) is 60.4. The predicted octanol–water partition coefficient (Wildman–Crippen LogP) is 17.9. The smallest absolute Gasteiger partial charge is 0.244 e. The average Bonchev–Trinajstić information content (AvgIpc) is 1.63. The molecule has 0 saturated carbocycles. The van der Waals surface area contributed by atoms with Gasteiger partial charge in [0.15, 0.2) is 22.6 Å². The summed E-state index contributed by atoms with van der Waals surface area (Å²) in [6.07, 6.45) is 2.03. The molecule has 0 spiro atoms. The predicted molar refractivity (Wildman–Crippen MR) is 500 cm³/mol. The van der Waals surface area contributed by atoms with Gasteiger partial charge in [-0.3, -0.25) is 19.5 Å². The van der Waals surface area contributed by atoms with Crippen molar-refractivity contribution in [3.05, 3.63) is 261 Å². The summed E-state index contributed by atoms with van der Waals surface area (Å²) in [5.41, 5.74) is 17.9. The average molecular weight is 1780 g/mol. The van der Waals surface area contributed by atoms with Crippen molar-refractivity contribution in [2.45, 2.75) is 59.8 Å². The van der Waals surface area contributed by atoms with Crippen LogP contribution in [-0.2, 0) is 35.7 Å². The fourth-order valence-corrected chi connectivity index (χ4v) is 17.7. The second kappa shape index (κ2) is 40.0. The molecule has 4 fully saturated rings. The van der Waals surface area contributed by atoms with Crippen molar-refractivity contribution in [3.63, 3.8) is 0 Å². The number of aryl methyl sites for hydroxylation is 3. The third kappa shape index (κ3) is 19.8. The number of rotatable bonds is 19. The van der Waals surface area contributed by atoms with E-state index in [-0.39, 0.29) is 24.1 Å². The van der Waals surface area contributed by atoms with Crippen LogP contribution >= 0.6 is 46.4 Å². The Morgan fingerprint density at radius 1 is 0.331 bits per heavy atom. The Morgan fingerprint density at radius 3 is 1.03 bits per heavy atom. The molecule has 4 saturated heterocycles. The number of halogens is 6. The van der Waals surface area contributed by atoms with Crippen LogP contribution in [-0.4, -0.2) is 241 Å². The van der Waals surface area contributed by atoms with E-state index in [1.165, 1.54) is 29.3 Å². The standard InChI is InChI=1S/C25H26ClFN6.C25H27ClN6.C24H24ClN5O.C23H19ClFN5O/c1-17-16-19(8-9-20(17)27)23-21-22(26)24(18-6-4-3-5-7-18)28-29-25(21)33(30-23)15-14-32-12-10-31(2)11-13-32;1-18-7-6-10-20(17-18)23-21-22(26)24(19-8-4-3-5-9-19)27-28-25(21)32(29-23)16-15-31-13-11-30(2)12-14-31;1-17-6-5-9-19(16-17)22-20-21(25)23(18-7-3-2-4-8-18)26-27-24(20)30(28-22)11-10-29-12-14-31-15-13-29;24-20-19-21(15-7-2-1-3-8-15)28-30(14-18(31)29-11-4-5-12-29)23(19)27-26-22(20)16-9-6-10-17(25)13-16/h3-9,16H,10-15H2,1-2H3;3-10,17H,11-16H2,1-2H3;2-9,16H,10-15H2,1H3;1-3,6-10,13H,4-5,11-12,14H2. The number of hydrogen-bond donors (Lipinski definition) is 0. The van der Waals surface area contributed by atoms with Crippen molar-refractivity contribution in [2.24, 2.45) is 0 Å². The Balaban J connectivity index is 0.000000119. The van der Waals surface area contributed by atoms with Crippen molar-refractivity contribution < 1.29 is 18.3 Å². The quantitative estimate of drug-likeness (QED) is 0.0734. The molecular weight excluding hydrogens is 1690 g/mol. The Labute approximate surface area is 755 Å². The van der Waals surface area contributed by atoms with E-state index in [1.807, 2.05) is 146 Å². The maximum Gasteiger partial charge on any atom is 0.244 e. The lowest BCUT2D eigenvalue weighted by Crippen LogP contribution is -2.45. The molecule has 12 heterocycles. The number of likely N-dealkylation sites (N-methyl/N-ethyl adjacent to an activating group) is 2. The van der Waals surface area contributed by atoms with Crippen molar-refractivity contribution in [1.82, 2.24) is 109 Å². The van der Waals surface area contributed by atoms with E-state index in [2.05, 4.69) is 136 Å². The third-order valence-corrected chi connectivity index (χ3v) is 25.1. The molecule has 4 aliphatic rings. The number of morpholine rings is 1. The Kier molecular flexibility index (Phi) is 27.5. The number of likely N-dealkylation sites (tertiary alicyclic amines) is 1. The van der Waals surface area contributed by atoms with Crippen molar-refractivity contribution >= 4 is 96.4 Å². The van der Waals surface area contributed by atoms with E-state index in [1.54, 1.807) is 35.9 Å². The zero-order chi connectivity index (χ0) is 87.6. The highest BCUT2D eigenvalue weighted by molar-refractivity contribution is 6.40. The van der Waals surface area contributed by atoms with Gasteiger partial charge in [-0.15, -0.1) is 40.8 Å². The first-order chi connectivity index (χ1) is 61.9. The Bertz CT molecular complexity index is 6550. The van der Waals surface area contributed by atoms with Crippen molar-refractivity contribution in [1.29, 1.82) is 0 Å². The number of piperazine rings is 2. The van der Waals surface area contributed by atoms with E-state index >= 15 is 0 Å². The van der Waals surface area contributed by atoms with Crippen LogP contribution in [0.1, 0.15) is 29.5 Å². The third-order valence-electron chi connectivity index (χ3n) is 23.6. The highest BCUT2D eigenvalue weighted by atomic mass is 35.5. The summed E-state index contributed by atoms with van der Waals surface area (Å²) in [6, 6.07) is 67.0. The molecule has 0 radical (unpaired) electrons. The van der Waals surface area contributed by atoms with E-state index < -0.39 is 0 Å². The molecule has 648 valence electrons. The highest BCUT2D eigenvalue weighted by Gasteiger charge is 2.30. The molecule has 0 bridgehead atoms. The lowest BCUT2D eigenvalue weighted by Gasteiger charge is -2.32. The zero-order valence-electron chi connectivity index (χ0n) is 71.4. The molecule has 16 aromatic rings. The fourth-order valence-electron chi connectivity index (χ4n) is 16.5. The molecular formula is C97H96Cl4F2N22O2. The minimum Gasteiger partial charge on any atom is -0.379 e. The molecule has 24 nitrogen and oxygen atoms in total. The minimum atomic E-state index is -0.384. The second-order valence-corrected chi connectivity index (χ2v) is 34.0. The molecule has 8 aromatic heterocycles. The van der Waals surface area contributed by atoms with Gasteiger partial charge in [0.05, 0.1) is 74.5 Å². The first kappa shape index (κ1) is 87.3. The Hall–Kier alpha value is -11.8. The lowest BCUT2D eigenvalue weighted by atomic mass is 10.0. The van der Waals surface area contributed by atoms with Gasteiger partial charge in [-0.05, 0) is 95.7 Å². The fraction of sp³-hybridized carbons (Fsp3) is 0.289. The molecule has 4 aliphatic heterocycles. The molecule has 30 heteroatoms. The number of benzene rings is 8. The summed E-state index contributed by atoms with van der Waals surface area (Å²) in [5.74, 6) is -0.632. The topological polar surface area (TPSA) is 220 Å². The van der Waals surface area contributed by atoms with Gasteiger partial charge in [-0.1, -0.05) is 227 Å². The first-order valence-electron chi connectivity index (χ1n) is 42.9. The van der Waals surface area contributed by atoms with E-state index in [0.717, 1.165) is 215 Å². The van der Waals surface area contributed by atoms with Gasteiger partial charge in [0.1, 0.15) is 63.7 Å². The lowest BCUT2D eigenvalue weighted by molar-refractivity contribution is -0.130. The van der Waals surface area contributed by atoms with Crippen LogP contribution < -0.4 is 0 Å². The number of nitrogens with zero attached hydrogens (tertiary/aromatic N) is 22. The van der Waals surface area contributed by atoms with Crippen LogP contribution in [0.3, 0.4) is 0 Å². The van der Waals surface area contributed by atoms with Gasteiger partial charge in [-0.25, -0.2) is 27.5 Å². The maximum absolute atomic E-state index is 14.0. The summed E-state index contributed by atoms with van der Waals surface area (Å²) in [7, 11) is 4.33. The maximum atomic E-state index is 14.0. The summed E-state index contributed by atoms with van der Waals surface area (Å²) >= 11 is 27.6. The number of ether oxygens (including phenoxy) is 1. The van der Waals surface area contributed by atoms with Crippen LogP contribution in [0, 0.1) is 32.4 Å². The molecule has 0 N–H and O–H groups in total. The van der Waals surface area contributed by atoms with Gasteiger partial charge in [-0.2, -0.15) is 20.4 Å². The molecule has 0 atom stereocenters. The summed E-state index contributed by atoms with van der Waals surface area (Å²) < 4.78 is 40.6. The SMILES string of the molecule is Cc1cc(-c2nn(CCN3CCN(C)CC3)c3nnc(-c4ccccc4)c(Cl)c23)ccc1F.Cc1cccc(-c2nn(CCN3CCN(C)CC3)c3nnc(-c4ccccc4)c(Cl)c23)c1.Cc1cccc(-c2nn(CCN3CCOCC3)c3nnc(-c4ccccc4)c(Cl)c23)c1.O=C(Cn1nc(-c2ccccc2)c2c(Cl)c(-c3cccc(F)c3)nnc21)N1CCCC1. The van der Waals surface area contributed by atoms with Gasteiger partial charge in [0, 0.05) is 143 Å². The first-order valence-corrected chi connectivity index (χ1v) is 44.4. The minimum absolute atomic E-state index is 0.00589. The van der Waals surface area contributed by atoms with Crippen molar-refractivity contribution in [3.8, 4) is 90.1 Å². The molecule has 1 amide bonds. The molecule has 8 aromatic carbocycles. The number of carbonyl (C=O) groups excluding carboxylic acids is 1. The zero-order valence-corrected chi connectivity index (χ0v) is 74.4. The number of amides is 1. The second-order valence-electron chi connectivity index (χ2n) is 32.5. The van der Waals surface area contributed by atoms with Crippen molar-refractivity contribution in [2.75, 3.05) is 125 Å².